The Morgan fingerprint density at radius 2 is 1.60 bits per heavy atom. The Morgan fingerprint density at radius 3 is 2.15 bits per heavy atom. The highest BCUT2D eigenvalue weighted by molar-refractivity contribution is 5.75. The molecule has 0 bridgehead atoms. The summed E-state index contributed by atoms with van der Waals surface area (Å²) in [5.41, 5.74) is 0. The van der Waals surface area contributed by atoms with Gasteiger partial charge < -0.3 is 4.74 Å². The molecule has 1 heterocycles. The van der Waals surface area contributed by atoms with E-state index in [0.717, 1.165) is 6.42 Å². The molecule has 0 aromatic heterocycles. The Bertz CT molecular complexity index is 285. The molecule has 2 heteroatoms. The van der Waals surface area contributed by atoms with Crippen LogP contribution >= 0.6 is 0 Å². The van der Waals surface area contributed by atoms with Crippen molar-refractivity contribution >= 4 is 5.97 Å². The zero-order chi connectivity index (χ0) is 14.8. The van der Waals surface area contributed by atoms with Gasteiger partial charge in [0.1, 0.15) is 6.10 Å². The van der Waals surface area contributed by atoms with Gasteiger partial charge in [0.05, 0.1) is 5.92 Å². The zero-order valence-electron chi connectivity index (χ0n) is 13.4. The van der Waals surface area contributed by atoms with Crippen LogP contribution in [0.1, 0.15) is 78.1 Å². The van der Waals surface area contributed by atoms with Crippen molar-refractivity contribution in [1.29, 1.82) is 0 Å². The number of hydrogen-bond acceptors (Lipinski definition) is 2. The molecular weight excluding hydrogens is 248 g/mol. The van der Waals surface area contributed by atoms with E-state index in [0.29, 0.717) is 0 Å². The highest BCUT2D eigenvalue weighted by Gasteiger charge is 2.39. The van der Waals surface area contributed by atoms with Crippen LogP contribution in [0.2, 0.25) is 0 Å². The number of unbranched alkanes of at least 4 members (excludes halogenated alkanes) is 8. The number of hydrogen-bond donors (Lipinski definition) is 0. The lowest BCUT2D eigenvalue weighted by Gasteiger charge is -2.15. The van der Waals surface area contributed by atoms with E-state index in [1.807, 2.05) is 13.0 Å². The number of esters is 1. The van der Waals surface area contributed by atoms with E-state index in [2.05, 4.69) is 13.5 Å². The van der Waals surface area contributed by atoms with Crippen molar-refractivity contribution in [1.82, 2.24) is 0 Å². The first kappa shape index (κ1) is 17.3. The number of cyclic esters (lactones) is 1. The molecule has 1 aliphatic rings. The molecule has 1 saturated heterocycles. The van der Waals surface area contributed by atoms with Crippen molar-refractivity contribution in [2.24, 2.45) is 11.8 Å². The quantitative estimate of drug-likeness (QED) is 0.293. The number of ether oxygens (including phenoxy) is 1. The monoisotopic (exact) mass is 280 g/mol. The first-order chi connectivity index (χ1) is 9.70. The Hall–Kier alpha value is -0.790. The van der Waals surface area contributed by atoms with Crippen molar-refractivity contribution in [2.45, 2.75) is 84.2 Å². The summed E-state index contributed by atoms with van der Waals surface area (Å²) in [6, 6.07) is 0. The fraction of sp³-hybridized carbons (Fsp3) is 0.833. The lowest BCUT2D eigenvalue weighted by Crippen LogP contribution is -2.16. The normalized spacial score (nSPS) is 25.7. The summed E-state index contributed by atoms with van der Waals surface area (Å²) >= 11 is 0. The molecule has 0 amide bonds. The van der Waals surface area contributed by atoms with E-state index < -0.39 is 0 Å². The molecule has 3 atom stereocenters. The molecule has 116 valence electrons. The van der Waals surface area contributed by atoms with Crippen LogP contribution in [0.4, 0.5) is 0 Å². The fourth-order valence-electron chi connectivity index (χ4n) is 3.08. The molecule has 20 heavy (non-hydrogen) atoms. The van der Waals surface area contributed by atoms with Gasteiger partial charge in [0, 0.05) is 5.92 Å². The predicted octanol–water partition coefficient (Wildman–Crippen LogP) is 5.27. The molecular formula is C18H32O2. The summed E-state index contributed by atoms with van der Waals surface area (Å²) < 4.78 is 5.44. The summed E-state index contributed by atoms with van der Waals surface area (Å²) in [6.07, 6.45) is 15.0. The smallest absolute Gasteiger partial charge is 0.309 e. The largest absolute Gasteiger partial charge is 0.461 e. The summed E-state index contributed by atoms with van der Waals surface area (Å²) in [6.45, 7) is 8.05. The van der Waals surface area contributed by atoms with Crippen molar-refractivity contribution in [3.63, 3.8) is 0 Å². The van der Waals surface area contributed by atoms with Gasteiger partial charge >= 0.3 is 5.97 Å². The van der Waals surface area contributed by atoms with Gasteiger partial charge in [-0.25, -0.2) is 0 Å². The van der Waals surface area contributed by atoms with E-state index in [1.54, 1.807) is 0 Å². The van der Waals surface area contributed by atoms with Gasteiger partial charge in [0.15, 0.2) is 0 Å². The molecule has 1 fully saturated rings. The molecule has 2 nitrogen and oxygen atoms in total. The van der Waals surface area contributed by atoms with E-state index in [-0.39, 0.29) is 23.9 Å². The second-order valence-electron chi connectivity index (χ2n) is 6.19. The van der Waals surface area contributed by atoms with Crippen molar-refractivity contribution < 1.29 is 9.53 Å². The van der Waals surface area contributed by atoms with Gasteiger partial charge in [0.25, 0.3) is 0 Å². The van der Waals surface area contributed by atoms with Crippen LogP contribution in [0.25, 0.3) is 0 Å². The minimum Gasteiger partial charge on any atom is -0.461 e. The number of carbonyl (C=O) groups excluding carboxylic acids is 1. The van der Waals surface area contributed by atoms with Gasteiger partial charge in [-0.05, 0) is 12.8 Å². The Labute approximate surface area is 125 Å². The number of rotatable bonds is 11. The van der Waals surface area contributed by atoms with Gasteiger partial charge in [-0.15, -0.1) is 6.58 Å². The maximum Gasteiger partial charge on any atom is 0.309 e. The summed E-state index contributed by atoms with van der Waals surface area (Å²) in [5.74, 6) is 0.170. The van der Waals surface area contributed by atoms with Crippen molar-refractivity contribution in [2.75, 3.05) is 0 Å². The van der Waals surface area contributed by atoms with Crippen LogP contribution in [-0.4, -0.2) is 12.1 Å². The second kappa shape index (κ2) is 10.0. The molecule has 0 saturated carbocycles. The van der Waals surface area contributed by atoms with Crippen LogP contribution in [-0.2, 0) is 9.53 Å². The maximum absolute atomic E-state index is 11.5. The van der Waals surface area contributed by atoms with Crippen LogP contribution in [0.3, 0.4) is 0 Å². The lowest BCUT2D eigenvalue weighted by atomic mass is 9.89. The highest BCUT2D eigenvalue weighted by Crippen LogP contribution is 2.32. The van der Waals surface area contributed by atoms with E-state index in [4.69, 9.17) is 4.74 Å². The molecule has 0 aromatic carbocycles. The van der Waals surface area contributed by atoms with Gasteiger partial charge in [0.2, 0.25) is 0 Å². The third-order valence-corrected chi connectivity index (χ3v) is 4.51. The minimum absolute atomic E-state index is 0.00364. The van der Waals surface area contributed by atoms with Gasteiger partial charge in [-0.3, -0.25) is 4.79 Å². The average molecular weight is 280 g/mol. The van der Waals surface area contributed by atoms with Gasteiger partial charge in [-0.1, -0.05) is 71.3 Å². The Kier molecular flexibility index (Phi) is 8.64. The molecule has 0 spiro atoms. The SMILES string of the molecule is C=C[C@H]1[C@H](C)C(=O)O[C@@H]1CCCCCCCCCCC. The first-order valence-electron chi connectivity index (χ1n) is 8.53. The van der Waals surface area contributed by atoms with E-state index >= 15 is 0 Å². The van der Waals surface area contributed by atoms with Crippen LogP contribution in [0.15, 0.2) is 12.7 Å². The molecule has 0 N–H and O–H groups in total. The first-order valence-corrected chi connectivity index (χ1v) is 8.53. The molecule has 0 aliphatic carbocycles. The highest BCUT2D eigenvalue weighted by atomic mass is 16.6. The van der Waals surface area contributed by atoms with Crippen LogP contribution < -0.4 is 0 Å². The molecule has 1 aliphatic heterocycles. The molecule has 1 rings (SSSR count). The maximum atomic E-state index is 11.5. The van der Waals surface area contributed by atoms with Gasteiger partial charge in [-0.2, -0.15) is 0 Å². The Morgan fingerprint density at radius 1 is 1.05 bits per heavy atom. The topological polar surface area (TPSA) is 26.3 Å². The standard InChI is InChI=1S/C18H32O2/c1-4-6-7-8-9-10-11-12-13-14-17-16(5-2)15(3)18(19)20-17/h5,15-17H,2,4,6-14H2,1,3H3/t15-,16-,17+/m0/s1. The predicted molar refractivity (Wildman–Crippen MR) is 84.6 cm³/mol. The molecule has 0 aromatic rings. The third-order valence-electron chi connectivity index (χ3n) is 4.51. The van der Waals surface area contributed by atoms with Crippen LogP contribution in [0.5, 0.6) is 0 Å². The summed E-state index contributed by atoms with van der Waals surface area (Å²) in [5, 5.41) is 0. The average Bonchev–Trinajstić information content (AvgIpc) is 2.72. The fourth-order valence-corrected chi connectivity index (χ4v) is 3.08. The summed E-state index contributed by atoms with van der Waals surface area (Å²) in [4.78, 5) is 11.5. The Balaban J connectivity index is 2.01. The van der Waals surface area contributed by atoms with E-state index in [1.165, 1.54) is 57.8 Å². The zero-order valence-corrected chi connectivity index (χ0v) is 13.4. The van der Waals surface area contributed by atoms with Crippen molar-refractivity contribution in [3.05, 3.63) is 12.7 Å². The molecule has 0 unspecified atom stereocenters. The summed E-state index contributed by atoms with van der Waals surface area (Å²) in [7, 11) is 0. The second-order valence-corrected chi connectivity index (χ2v) is 6.19. The third kappa shape index (κ3) is 5.68. The van der Waals surface area contributed by atoms with E-state index in [9.17, 15) is 4.79 Å². The molecule has 0 radical (unpaired) electrons. The minimum atomic E-state index is -0.0455. The lowest BCUT2D eigenvalue weighted by molar-refractivity contribution is -0.144. The number of carbonyl (C=O) groups is 1. The van der Waals surface area contributed by atoms with Crippen LogP contribution in [0, 0.1) is 11.8 Å². The van der Waals surface area contributed by atoms with Crippen molar-refractivity contribution in [3.8, 4) is 0 Å².